The Labute approximate surface area is 195 Å². The third kappa shape index (κ3) is 5.57. The Morgan fingerprint density at radius 3 is 2.74 bits per heavy atom. The molecule has 0 unspecified atom stereocenters. The first-order valence-electron chi connectivity index (χ1n) is 10.8. The second kappa shape index (κ2) is 10.1. The molecule has 1 atom stereocenters. The van der Waals surface area contributed by atoms with Gasteiger partial charge in [-0.15, -0.1) is 13.2 Å². The zero-order chi connectivity index (χ0) is 24.3. The average Bonchev–Trinajstić information content (AvgIpc) is 3.00. The summed E-state index contributed by atoms with van der Waals surface area (Å²) in [5.41, 5.74) is 4.51. The predicted molar refractivity (Wildman–Crippen MR) is 118 cm³/mol. The number of halogens is 3. The summed E-state index contributed by atoms with van der Waals surface area (Å²) in [5, 5.41) is 0. The number of hydrogen-bond donors (Lipinski definition) is 0. The monoisotopic (exact) mass is 477 g/mol. The molecule has 34 heavy (non-hydrogen) atoms. The molecule has 0 N–H and O–H groups in total. The average molecular weight is 477 g/mol. The van der Waals surface area contributed by atoms with E-state index in [0.29, 0.717) is 31.0 Å². The van der Waals surface area contributed by atoms with E-state index in [4.69, 9.17) is 19.2 Å². The number of imidazole rings is 1. The lowest BCUT2D eigenvalue weighted by atomic mass is 10.1. The summed E-state index contributed by atoms with van der Waals surface area (Å²) in [6.07, 6.45) is -2.47. The molecule has 7 nitrogen and oxygen atoms in total. The number of fused-ring (bicyclic) bond motifs is 1. The van der Waals surface area contributed by atoms with Crippen LogP contribution in [0.3, 0.4) is 0 Å². The molecule has 0 fully saturated rings. The molecule has 0 saturated carbocycles. The van der Waals surface area contributed by atoms with E-state index in [1.54, 1.807) is 18.3 Å². The Kier molecular flexibility index (Phi) is 7.20. The molecule has 3 heterocycles. The van der Waals surface area contributed by atoms with Crippen LogP contribution in [0, 0.1) is 6.92 Å². The van der Waals surface area contributed by atoms with Gasteiger partial charge in [0, 0.05) is 47.8 Å². The lowest BCUT2D eigenvalue weighted by molar-refractivity contribution is -0.275. The van der Waals surface area contributed by atoms with Gasteiger partial charge < -0.3 is 23.5 Å². The van der Waals surface area contributed by atoms with Crippen molar-refractivity contribution in [2.24, 2.45) is 0 Å². The Balaban J connectivity index is 1.82. The fraction of sp³-hybridized carbons (Fsp3) is 0.417. The summed E-state index contributed by atoms with van der Waals surface area (Å²) in [5.74, 6) is 0.319. The molecule has 1 aliphatic rings. The van der Waals surface area contributed by atoms with E-state index in [-0.39, 0.29) is 30.8 Å². The number of aromatic nitrogens is 3. The minimum atomic E-state index is -4.82. The summed E-state index contributed by atoms with van der Waals surface area (Å²) in [7, 11) is 1.44. The van der Waals surface area contributed by atoms with Crippen molar-refractivity contribution in [1.29, 1.82) is 0 Å². The molecule has 0 spiro atoms. The van der Waals surface area contributed by atoms with Crippen LogP contribution in [0.4, 0.5) is 13.2 Å². The molecular formula is C24H26F3N3O4. The summed E-state index contributed by atoms with van der Waals surface area (Å²) in [6.45, 7) is 4.84. The molecule has 0 radical (unpaired) electrons. The first kappa shape index (κ1) is 24.2. The molecule has 0 bridgehead atoms. The largest absolute Gasteiger partial charge is 0.573 e. The van der Waals surface area contributed by atoms with Gasteiger partial charge in [-0.05, 0) is 44.2 Å². The van der Waals surface area contributed by atoms with Crippen LogP contribution in [0.2, 0.25) is 0 Å². The van der Waals surface area contributed by atoms with E-state index in [1.165, 1.54) is 13.2 Å². The van der Waals surface area contributed by atoms with Crippen LogP contribution in [-0.2, 0) is 33.8 Å². The highest BCUT2D eigenvalue weighted by Gasteiger charge is 2.32. The maximum absolute atomic E-state index is 12.9. The van der Waals surface area contributed by atoms with E-state index in [0.717, 1.165) is 22.6 Å². The first-order chi connectivity index (χ1) is 16.2. The predicted octanol–water partition coefficient (Wildman–Crippen LogP) is 4.90. The molecule has 0 saturated heterocycles. The normalized spacial score (nSPS) is 16.2. The fourth-order valence-electron chi connectivity index (χ4n) is 4.04. The topological polar surface area (TPSA) is 67.6 Å². The van der Waals surface area contributed by atoms with Gasteiger partial charge in [-0.2, -0.15) is 0 Å². The maximum atomic E-state index is 12.9. The number of benzene rings is 1. The quantitative estimate of drug-likeness (QED) is 0.356. The zero-order valence-electron chi connectivity index (χ0n) is 19.2. The van der Waals surface area contributed by atoms with Gasteiger partial charge >= 0.3 is 6.36 Å². The molecule has 2 aromatic heterocycles. The van der Waals surface area contributed by atoms with E-state index < -0.39 is 6.36 Å². The van der Waals surface area contributed by atoms with Crippen LogP contribution in [-0.4, -0.2) is 47.5 Å². The number of nitrogens with zero attached hydrogens (tertiary/aromatic N) is 3. The van der Waals surface area contributed by atoms with Gasteiger partial charge in [0.2, 0.25) is 0 Å². The van der Waals surface area contributed by atoms with Crippen LogP contribution >= 0.6 is 0 Å². The highest BCUT2D eigenvalue weighted by Crippen LogP contribution is 2.35. The third-order valence-electron chi connectivity index (χ3n) is 5.43. The number of methoxy groups -OCH3 is 1. The van der Waals surface area contributed by atoms with Gasteiger partial charge in [-0.25, -0.2) is 4.98 Å². The Bertz CT molecular complexity index is 1150. The van der Waals surface area contributed by atoms with Crippen LogP contribution in [0.25, 0.3) is 22.6 Å². The van der Waals surface area contributed by atoms with Gasteiger partial charge in [0.15, 0.2) is 0 Å². The summed E-state index contributed by atoms with van der Waals surface area (Å²) >= 11 is 0. The first-order valence-corrected chi connectivity index (χ1v) is 10.8. The van der Waals surface area contributed by atoms with E-state index >= 15 is 0 Å². The number of ether oxygens (including phenoxy) is 4. The van der Waals surface area contributed by atoms with Crippen molar-refractivity contribution in [2.75, 3.05) is 20.5 Å². The number of aryl methyl sites for hydroxylation is 1. The van der Waals surface area contributed by atoms with Crippen LogP contribution in [0.5, 0.6) is 5.75 Å². The molecule has 0 amide bonds. The highest BCUT2D eigenvalue weighted by molar-refractivity contribution is 5.69. The zero-order valence-corrected chi connectivity index (χ0v) is 19.2. The number of rotatable bonds is 7. The van der Waals surface area contributed by atoms with E-state index in [9.17, 15) is 13.2 Å². The summed E-state index contributed by atoms with van der Waals surface area (Å²) < 4.78 is 61.2. The number of hydrogen-bond acceptors (Lipinski definition) is 6. The van der Waals surface area contributed by atoms with Crippen molar-refractivity contribution in [3.05, 3.63) is 53.5 Å². The summed E-state index contributed by atoms with van der Waals surface area (Å²) in [6, 6.07) is 8.35. The number of alkyl halides is 3. The molecule has 4 rings (SSSR count). The minimum Gasteiger partial charge on any atom is -0.405 e. The van der Waals surface area contributed by atoms with Crippen molar-refractivity contribution >= 4 is 0 Å². The second-order valence-corrected chi connectivity index (χ2v) is 8.08. The molecule has 1 aliphatic heterocycles. The lowest BCUT2D eigenvalue weighted by Crippen LogP contribution is -2.18. The second-order valence-electron chi connectivity index (χ2n) is 8.08. The Morgan fingerprint density at radius 1 is 1.18 bits per heavy atom. The van der Waals surface area contributed by atoms with Crippen molar-refractivity contribution < 1.29 is 32.1 Å². The minimum absolute atomic E-state index is 0.0430. The van der Waals surface area contributed by atoms with Gasteiger partial charge in [0.1, 0.15) is 18.4 Å². The molecule has 1 aromatic carbocycles. The number of pyridine rings is 1. The molecule has 3 aromatic rings. The molecular weight excluding hydrogens is 451 g/mol. The van der Waals surface area contributed by atoms with Gasteiger partial charge in [0.25, 0.3) is 0 Å². The van der Waals surface area contributed by atoms with Gasteiger partial charge in [0.05, 0.1) is 31.6 Å². The molecule has 10 heteroatoms. The SMILES string of the molecule is COCOCc1cc(-c2nc(-c3ccnc(C)c3)c3n2C[C@@H](C)OCC3)ccc1OC(F)(F)F. The van der Waals surface area contributed by atoms with E-state index in [2.05, 4.69) is 14.3 Å². The Morgan fingerprint density at radius 2 is 2.00 bits per heavy atom. The maximum Gasteiger partial charge on any atom is 0.573 e. The van der Waals surface area contributed by atoms with Crippen molar-refractivity contribution in [3.63, 3.8) is 0 Å². The van der Waals surface area contributed by atoms with Crippen LogP contribution in [0.15, 0.2) is 36.5 Å². The van der Waals surface area contributed by atoms with Gasteiger partial charge in [-0.1, -0.05) is 0 Å². The Hall–Kier alpha value is -2.95. The van der Waals surface area contributed by atoms with Crippen LogP contribution in [0.1, 0.15) is 23.9 Å². The molecule has 182 valence electrons. The van der Waals surface area contributed by atoms with Crippen molar-refractivity contribution in [1.82, 2.24) is 14.5 Å². The fourth-order valence-corrected chi connectivity index (χ4v) is 4.04. The van der Waals surface area contributed by atoms with E-state index in [1.807, 2.05) is 26.0 Å². The highest BCUT2D eigenvalue weighted by atomic mass is 19.4. The van der Waals surface area contributed by atoms with Crippen molar-refractivity contribution in [2.45, 2.75) is 45.9 Å². The van der Waals surface area contributed by atoms with Crippen molar-refractivity contribution in [3.8, 4) is 28.4 Å². The molecule has 0 aliphatic carbocycles. The van der Waals surface area contributed by atoms with Crippen LogP contribution < -0.4 is 4.74 Å². The van der Waals surface area contributed by atoms with Gasteiger partial charge in [-0.3, -0.25) is 4.98 Å². The summed E-state index contributed by atoms with van der Waals surface area (Å²) in [4.78, 5) is 9.21. The lowest BCUT2D eigenvalue weighted by Gasteiger charge is -2.16. The third-order valence-corrected chi connectivity index (χ3v) is 5.43. The standard InChI is InChI=1S/C24H26F3N3O4/c1-15-10-17(6-8-28-15)22-20-7-9-33-16(2)12-30(20)23(29-22)18-4-5-21(34-24(25,26)27)19(11-18)13-32-14-31-3/h4-6,8,10-11,16H,7,9,12-14H2,1-3H3/t16-/m1/s1. The smallest absolute Gasteiger partial charge is 0.405 e.